The van der Waals surface area contributed by atoms with E-state index in [0.717, 1.165) is 52.6 Å². The van der Waals surface area contributed by atoms with Crippen LogP contribution in [0.2, 0.25) is 0 Å². The number of carbonyl (C=O) groups is 2. The van der Waals surface area contributed by atoms with Gasteiger partial charge in [-0.1, -0.05) is 18.2 Å². The number of hydrogen-bond donors (Lipinski definition) is 1. The van der Waals surface area contributed by atoms with E-state index in [4.69, 9.17) is 4.74 Å². The Hall–Kier alpha value is -2.93. The van der Waals surface area contributed by atoms with Crippen LogP contribution >= 0.6 is 11.3 Å². The Kier molecular flexibility index (Phi) is 6.23. The van der Waals surface area contributed by atoms with Crippen LogP contribution in [0.4, 0.5) is 5.00 Å². The van der Waals surface area contributed by atoms with Crippen LogP contribution in [0.15, 0.2) is 35.1 Å². The van der Waals surface area contributed by atoms with Gasteiger partial charge >= 0.3 is 5.97 Å². The van der Waals surface area contributed by atoms with Crippen LogP contribution < -0.4 is 10.9 Å². The standard InChI is InChI=1S/C24H26N2O4S/c1-3-30-24(29)22-17-9-5-7-11-19(17)31-23(22)25-20(27)12-13-26-18-10-6-4-8-16(18)15(2)14-21(26)28/h4,6,8,10,14H,3,5,7,9,11-13H2,1-2H3,(H,25,27). The van der Waals surface area contributed by atoms with E-state index in [1.807, 2.05) is 31.2 Å². The van der Waals surface area contributed by atoms with E-state index >= 15 is 0 Å². The van der Waals surface area contributed by atoms with E-state index in [9.17, 15) is 14.4 Å². The SMILES string of the molecule is CCOC(=O)c1c(NC(=O)CCn2c(=O)cc(C)c3ccccc32)sc2c1CCCC2. The molecular weight excluding hydrogens is 412 g/mol. The molecule has 1 aliphatic carbocycles. The molecule has 162 valence electrons. The van der Waals surface area contributed by atoms with Crippen molar-refractivity contribution in [3.05, 3.63) is 62.3 Å². The molecule has 0 atom stereocenters. The van der Waals surface area contributed by atoms with Crippen LogP contribution in [-0.2, 0) is 28.9 Å². The van der Waals surface area contributed by atoms with Crippen molar-refractivity contribution in [2.75, 3.05) is 11.9 Å². The lowest BCUT2D eigenvalue weighted by molar-refractivity contribution is -0.116. The largest absolute Gasteiger partial charge is 0.462 e. The number of pyridine rings is 1. The zero-order valence-corrected chi connectivity index (χ0v) is 18.6. The monoisotopic (exact) mass is 438 g/mol. The fraction of sp³-hybridized carbons (Fsp3) is 0.375. The third-order valence-corrected chi connectivity index (χ3v) is 6.90. The third-order valence-electron chi connectivity index (χ3n) is 5.69. The molecule has 6 nitrogen and oxygen atoms in total. The van der Waals surface area contributed by atoms with Gasteiger partial charge in [0, 0.05) is 29.3 Å². The van der Waals surface area contributed by atoms with Crippen molar-refractivity contribution in [2.24, 2.45) is 0 Å². The van der Waals surface area contributed by atoms with Crippen molar-refractivity contribution in [3.63, 3.8) is 0 Å². The molecule has 0 spiro atoms. The second-order valence-corrected chi connectivity index (χ2v) is 8.87. The Morgan fingerprint density at radius 1 is 1.19 bits per heavy atom. The van der Waals surface area contributed by atoms with Crippen molar-refractivity contribution >= 4 is 39.1 Å². The normalized spacial score (nSPS) is 13.1. The molecule has 7 heteroatoms. The molecule has 4 rings (SSSR count). The summed E-state index contributed by atoms with van der Waals surface area (Å²) < 4.78 is 6.88. The number of amides is 1. The van der Waals surface area contributed by atoms with Gasteiger partial charge in [0.05, 0.1) is 17.7 Å². The quantitative estimate of drug-likeness (QED) is 0.577. The molecule has 3 aromatic rings. The summed E-state index contributed by atoms with van der Waals surface area (Å²) in [6, 6.07) is 9.30. The Balaban J connectivity index is 1.55. The van der Waals surface area contributed by atoms with E-state index in [0.29, 0.717) is 17.2 Å². The van der Waals surface area contributed by atoms with Crippen molar-refractivity contribution in [2.45, 2.75) is 52.5 Å². The lowest BCUT2D eigenvalue weighted by Gasteiger charge is -2.13. The van der Waals surface area contributed by atoms with Crippen LogP contribution in [0, 0.1) is 6.92 Å². The topological polar surface area (TPSA) is 77.4 Å². The number of nitrogens with one attached hydrogen (secondary N) is 1. The smallest absolute Gasteiger partial charge is 0.341 e. The maximum absolute atomic E-state index is 12.8. The molecule has 0 unspecified atom stereocenters. The number of aryl methyl sites for hydroxylation is 3. The van der Waals surface area contributed by atoms with E-state index in [1.165, 1.54) is 11.3 Å². The Morgan fingerprint density at radius 2 is 1.97 bits per heavy atom. The maximum Gasteiger partial charge on any atom is 0.341 e. The Morgan fingerprint density at radius 3 is 2.77 bits per heavy atom. The highest BCUT2D eigenvalue weighted by molar-refractivity contribution is 7.17. The number of nitrogens with zero attached hydrogens (tertiary/aromatic N) is 1. The number of ether oxygens (including phenoxy) is 1. The molecule has 1 amide bonds. The summed E-state index contributed by atoms with van der Waals surface area (Å²) in [6.07, 6.45) is 4.02. The average Bonchev–Trinajstić information content (AvgIpc) is 3.11. The van der Waals surface area contributed by atoms with Crippen LogP contribution in [-0.4, -0.2) is 23.1 Å². The van der Waals surface area contributed by atoms with Crippen LogP contribution in [0.25, 0.3) is 10.9 Å². The summed E-state index contributed by atoms with van der Waals surface area (Å²) in [7, 11) is 0. The van der Waals surface area contributed by atoms with Crippen molar-refractivity contribution < 1.29 is 14.3 Å². The minimum Gasteiger partial charge on any atom is -0.462 e. The van der Waals surface area contributed by atoms with Gasteiger partial charge in [0.2, 0.25) is 5.91 Å². The minimum atomic E-state index is -0.377. The van der Waals surface area contributed by atoms with Crippen LogP contribution in [0.5, 0.6) is 0 Å². The van der Waals surface area contributed by atoms with Gasteiger partial charge in [-0.3, -0.25) is 9.59 Å². The first-order chi connectivity index (χ1) is 15.0. The first-order valence-corrected chi connectivity index (χ1v) is 11.5. The highest BCUT2D eigenvalue weighted by Crippen LogP contribution is 2.38. The Bertz CT molecular complexity index is 1210. The zero-order valence-electron chi connectivity index (χ0n) is 17.8. The summed E-state index contributed by atoms with van der Waals surface area (Å²) >= 11 is 1.47. The van der Waals surface area contributed by atoms with Gasteiger partial charge < -0.3 is 14.6 Å². The third kappa shape index (κ3) is 4.28. The number of carbonyl (C=O) groups excluding carboxylic acids is 2. The molecule has 0 aliphatic heterocycles. The number of benzene rings is 1. The van der Waals surface area contributed by atoms with Gasteiger partial charge in [0.1, 0.15) is 5.00 Å². The molecule has 0 bridgehead atoms. The molecule has 1 aliphatic rings. The summed E-state index contributed by atoms with van der Waals surface area (Å²) in [5.41, 5.74) is 3.14. The highest BCUT2D eigenvalue weighted by Gasteiger charge is 2.27. The molecule has 0 saturated carbocycles. The fourth-order valence-corrected chi connectivity index (χ4v) is 5.50. The second-order valence-electron chi connectivity index (χ2n) is 7.77. The summed E-state index contributed by atoms with van der Waals surface area (Å²) in [5, 5.41) is 4.48. The van der Waals surface area contributed by atoms with Gasteiger partial charge in [-0.2, -0.15) is 0 Å². The molecule has 0 radical (unpaired) electrons. The molecular formula is C24H26N2O4S. The first-order valence-electron chi connectivity index (χ1n) is 10.7. The van der Waals surface area contributed by atoms with Crippen molar-refractivity contribution in [1.29, 1.82) is 0 Å². The number of anilines is 1. The van der Waals surface area contributed by atoms with E-state index in [-0.39, 0.29) is 30.4 Å². The summed E-state index contributed by atoms with van der Waals surface area (Å²) in [5.74, 6) is -0.598. The zero-order chi connectivity index (χ0) is 22.0. The predicted octanol–water partition coefficient (Wildman–Crippen LogP) is 4.46. The van der Waals surface area contributed by atoms with Gasteiger partial charge in [-0.15, -0.1) is 11.3 Å². The number of thiophene rings is 1. The molecule has 31 heavy (non-hydrogen) atoms. The van der Waals surface area contributed by atoms with Gasteiger partial charge in [-0.05, 0) is 56.7 Å². The van der Waals surface area contributed by atoms with Crippen molar-refractivity contribution in [3.8, 4) is 0 Å². The Labute approximate surface area is 184 Å². The fourth-order valence-electron chi connectivity index (χ4n) is 4.21. The molecule has 2 heterocycles. The first kappa shape index (κ1) is 21.3. The molecule has 1 N–H and O–H groups in total. The highest BCUT2D eigenvalue weighted by atomic mass is 32.1. The summed E-state index contributed by atoms with van der Waals surface area (Å²) in [6.45, 7) is 4.25. The van der Waals surface area contributed by atoms with Crippen LogP contribution in [0.3, 0.4) is 0 Å². The average molecular weight is 439 g/mol. The summed E-state index contributed by atoms with van der Waals surface area (Å²) in [4.78, 5) is 39.0. The molecule has 2 aromatic heterocycles. The minimum absolute atomic E-state index is 0.122. The van der Waals surface area contributed by atoms with Crippen molar-refractivity contribution in [1.82, 2.24) is 4.57 Å². The number of esters is 1. The van der Waals surface area contributed by atoms with E-state index in [2.05, 4.69) is 5.32 Å². The predicted molar refractivity (Wildman–Crippen MR) is 123 cm³/mol. The number of rotatable bonds is 6. The van der Waals surface area contributed by atoms with Gasteiger partial charge in [-0.25, -0.2) is 4.79 Å². The number of aromatic nitrogens is 1. The van der Waals surface area contributed by atoms with Crippen LogP contribution in [0.1, 0.15) is 52.5 Å². The molecule has 0 saturated heterocycles. The molecule has 1 aromatic carbocycles. The number of fused-ring (bicyclic) bond motifs is 2. The molecule has 0 fully saturated rings. The lowest BCUT2D eigenvalue weighted by atomic mass is 9.95. The lowest BCUT2D eigenvalue weighted by Crippen LogP contribution is -2.23. The number of hydrogen-bond acceptors (Lipinski definition) is 5. The second kappa shape index (κ2) is 9.06. The number of para-hydroxylation sites is 1. The van der Waals surface area contributed by atoms with Gasteiger partial charge in [0.25, 0.3) is 5.56 Å². The maximum atomic E-state index is 12.8. The van der Waals surface area contributed by atoms with Gasteiger partial charge in [0.15, 0.2) is 0 Å². The van der Waals surface area contributed by atoms with E-state index in [1.54, 1.807) is 17.6 Å². The van der Waals surface area contributed by atoms with E-state index < -0.39 is 0 Å².